The Morgan fingerprint density at radius 2 is 2.48 bits per heavy atom. The van der Waals surface area contributed by atoms with Crippen molar-refractivity contribution in [2.45, 2.75) is 38.9 Å². The molecule has 7 nitrogen and oxygen atoms in total. The van der Waals surface area contributed by atoms with Crippen molar-refractivity contribution >= 4 is 5.91 Å². The zero-order chi connectivity index (χ0) is 14.7. The highest BCUT2D eigenvalue weighted by atomic mass is 16.5. The molecule has 1 aliphatic rings. The second kappa shape index (κ2) is 6.09. The van der Waals surface area contributed by atoms with Crippen LogP contribution in [0.1, 0.15) is 30.3 Å². The molecule has 21 heavy (non-hydrogen) atoms. The van der Waals surface area contributed by atoms with Crippen molar-refractivity contribution in [3.63, 3.8) is 0 Å². The molecule has 7 heteroatoms. The number of hydrogen-bond acceptors (Lipinski definition) is 6. The van der Waals surface area contributed by atoms with E-state index in [1.807, 2.05) is 6.07 Å². The zero-order valence-electron chi connectivity index (χ0n) is 11.9. The van der Waals surface area contributed by atoms with Gasteiger partial charge in [0.05, 0.1) is 25.4 Å². The molecule has 0 radical (unpaired) electrons. The summed E-state index contributed by atoms with van der Waals surface area (Å²) in [5, 5.41) is 6.68. The van der Waals surface area contributed by atoms with Crippen LogP contribution in [-0.2, 0) is 17.9 Å². The Morgan fingerprint density at radius 3 is 3.19 bits per heavy atom. The fourth-order valence-corrected chi connectivity index (χ4v) is 2.60. The Morgan fingerprint density at radius 1 is 1.57 bits per heavy atom. The van der Waals surface area contributed by atoms with Crippen LogP contribution in [0, 0.1) is 6.92 Å². The monoisotopic (exact) mass is 290 g/mol. The number of amides is 1. The summed E-state index contributed by atoms with van der Waals surface area (Å²) >= 11 is 0. The van der Waals surface area contributed by atoms with Gasteiger partial charge in [-0.25, -0.2) is 0 Å². The Hall–Kier alpha value is -2.15. The van der Waals surface area contributed by atoms with E-state index in [4.69, 9.17) is 8.94 Å². The fraction of sp³-hybridized carbons (Fsp3) is 0.500. The lowest BCUT2D eigenvalue weighted by Crippen LogP contribution is -2.42. The summed E-state index contributed by atoms with van der Waals surface area (Å²) in [5.41, 5.74) is 0. The summed E-state index contributed by atoms with van der Waals surface area (Å²) < 4.78 is 10.3. The van der Waals surface area contributed by atoms with Gasteiger partial charge in [0.1, 0.15) is 5.76 Å². The van der Waals surface area contributed by atoms with Crippen molar-refractivity contribution in [1.29, 1.82) is 0 Å². The van der Waals surface area contributed by atoms with E-state index in [0.717, 1.165) is 25.1 Å². The number of aryl methyl sites for hydroxylation is 1. The van der Waals surface area contributed by atoms with Gasteiger partial charge in [-0.15, -0.1) is 0 Å². The second-order valence-corrected chi connectivity index (χ2v) is 5.16. The van der Waals surface area contributed by atoms with Gasteiger partial charge in [0.25, 0.3) is 0 Å². The molecule has 1 fully saturated rings. The summed E-state index contributed by atoms with van der Waals surface area (Å²) in [4.78, 5) is 18.5. The molecule has 112 valence electrons. The van der Waals surface area contributed by atoms with Crippen LogP contribution in [0.25, 0.3) is 0 Å². The third kappa shape index (κ3) is 3.30. The minimum atomic E-state index is -0.146. The predicted octanol–water partition coefficient (Wildman–Crippen LogP) is 1.25. The van der Waals surface area contributed by atoms with Gasteiger partial charge in [0, 0.05) is 0 Å². The molecular weight excluding hydrogens is 272 g/mol. The van der Waals surface area contributed by atoms with Crippen LogP contribution in [0.2, 0.25) is 0 Å². The molecule has 1 aliphatic heterocycles. The number of aromatic nitrogens is 2. The summed E-state index contributed by atoms with van der Waals surface area (Å²) in [5.74, 6) is 1.93. The highest BCUT2D eigenvalue weighted by Crippen LogP contribution is 2.19. The highest BCUT2D eigenvalue weighted by molar-refractivity contribution is 5.81. The topological polar surface area (TPSA) is 84.4 Å². The van der Waals surface area contributed by atoms with Crippen molar-refractivity contribution < 1.29 is 13.7 Å². The first-order chi connectivity index (χ1) is 10.2. The molecule has 2 aromatic heterocycles. The number of nitrogens with zero attached hydrogens (tertiary/aromatic N) is 3. The van der Waals surface area contributed by atoms with Gasteiger partial charge < -0.3 is 14.3 Å². The van der Waals surface area contributed by atoms with E-state index >= 15 is 0 Å². The Bertz CT molecular complexity index is 593. The highest BCUT2D eigenvalue weighted by Gasteiger charge is 2.31. The maximum atomic E-state index is 12.3. The zero-order valence-corrected chi connectivity index (χ0v) is 11.9. The summed E-state index contributed by atoms with van der Waals surface area (Å²) in [6.45, 7) is 3.57. The van der Waals surface area contributed by atoms with E-state index in [1.54, 1.807) is 19.3 Å². The minimum absolute atomic E-state index is 0.0140. The van der Waals surface area contributed by atoms with Crippen molar-refractivity contribution in [1.82, 2.24) is 20.4 Å². The third-order valence-electron chi connectivity index (χ3n) is 3.59. The lowest BCUT2D eigenvalue weighted by molar-refractivity contribution is -0.126. The van der Waals surface area contributed by atoms with E-state index in [1.165, 1.54) is 0 Å². The number of furan rings is 1. The van der Waals surface area contributed by atoms with E-state index in [0.29, 0.717) is 24.8 Å². The fourth-order valence-electron chi connectivity index (χ4n) is 2.60. The predicted molar refractivity (Wildman–Crippen MR) is 73.0 cm³/mol. The molecule has 0 aliphatic carbocycles. The Kier molecular flexibility index (Phi) is 4.01. The molecule has 3 rings (SSSR count). The van der Waals surface area contributed by atoms with Crippen molar-refractivity contribution in [3.05, 3.63) is 35.9 Å². The van der Waals surface area contributed by atoms with Crippen LogP contribution in [0.15, 0.2) is 27.3 Å². The number of hydrogen-bond donors (Lipinski definition) is 1. The Balaban J connectivity index is 1.56. The molecule has 0 unspecified atom stereocenters. The molecule has 1 saturated heterocycles. The maximum Gasteiger partial charge on any atom is 0.240 e. The van der Waals surface area contributed by atoms with Gasteiger partial charge in [0.2, 0.25) is 11.8 Å². The number of nitrogens with one attached hydrogen (secondary N) is 1. The lowest BCUT2D eigenvalue weighted by Gasteiger charge is -2.21. The van der Waals surface area contributed by atoms with Crippen LogP contribution >= 0.6 is 0 Å². The van der Waals surface area contributed by atoms with E-state index in [-0.39, 0.29) is 11.9 Å². The van der Waals surface area contributed by atoms with E-state index in [9.17, 15) is 4.79 Å². The minimum Gasteiger partial charge on any atom is -0.467 e. The molecule has 2 aromatic rings. The van der Waals surface area contributed by atoms with Crippen LogP contribution in [0.3, 0.4) is 0 Å². The normalized spacial score (nSPS) is 19.0. The summed E-state index contributed by atoms with van der Waals surface area (Å²) in [7, 11) is 0. The summed E-state index contributed by atoms with van der Waals surface area (Å²) in [6.07, 6.45) is 3.43. The first kappa shape index (κ1) is 13.8. The standard InChI is InChI=1S/C14H18N4O3/c1-10-16-13(21-17-10)9-18-6-2-5-12(18)14(19)15-8-11-4-3-7-20-11/h3-4,7,12H,2,5-6,8-9H2,1H3,(H,15,19)/t12-/m0/s1. The van der Waals surface area contributed by atoms with Crippen molar-refractivity contribution in [2.24, 2.45) is 0 Å². The maximum absolute atomic E-state index is 12.3. The molecule has 1 atom stereocenters. The molecule has 1 amide bonds. The number of carbonyl (C=O) groups excluding carboxylic acids is 1. The summed E-state index contributed by atoms with van der Waals surface area (Å²) in [6, 6.07) is 3.50. The SMILES string of the molecule is Cc1noc(CN2CCC[C@H]2C(=O)NCc2ccco2)n1. The van der Waals surface area contributed by atoms with Crippen molar-refractivity contribution in [3.8, 4) is 0 Å². The van der Waals surface area contributed by atoms with Crippen LogP contribution in [0.4, 0.5) is 0 Å². The molecule has 1 N–H and O–H groups in total. The van der Waals surface area contributed by atoms with E-state index < -0.39 is 0 Å². The van der Waals surface area contributed by atoms with Crippen molar-refractivity contribution in [2.75, 3.05) is 6.54 Å². The Labute approximate surface area is 122 Å². The number of carbonyl (C=O) groups is 1. The van der Waals surface area contributed by atoms with Gasteiger partial charge in [-0.2, -0.15) is 4.98 Å². The van der Waals surface area contributed by atoms with Gasteiger partial charge in [-0.3, -0.25) is 9.69 Å². The molecular formula is C14H18N4O3. The van der Waals surface area contributed by atoms with Crippen LogP contribution in [-0.4, -0.2) is 33.5 Å². The first-order valence-corrected chi connectivity index (χ1v) is 7.06. The first-order valence-electron chi connectivity index (χ1n) is 7.06. The van der Waals surface area contributed by atoms with E-state index in [2.05, 4.69) is 20.4 Å². The van der Waals surface area contributed by atoms with Crippen LogP contribution in [0.5, 0.6) is 0 Å². The largest absolute Gasteiger partial charge is 0.467 e. The molecule has 3 heterocycles. The molecule has 0 bridgehead atoms. The smallest absolute Gasteiger partial charge is 0.240 e. The lowest BCUT2D eigenvalue weighted by atomic mass is 10.2. The molecule has 0 spiro atoms. The average Bonchev–Trinajstić information content (AvgIpc) is 3.19. The van der Waals surface area contributed by atoms with Gasteiger partial charge in [-0.1, -0.05) is 5.16 Å². The van der Waals surface area contributed by atoms with Crippen LogP contribution < -0.4 is 5.32 Å². The van der Waals surface area contributed by atoms with Gasteiger partial charge in [0.15, 0.2) is 5.82 Å². The molecule has 0 saturated carbocycles. The van der Waals surface area contributed by atoms with Gasteiger partial charge >= 0.3 is 0 Å². The number of rotatable bonds is 5. The quantitative estimate of drug-likeness (QED) is 0.892. The third-order valence-corrected chi connectivity index (χ3v) is 3.59. The van der Waals surface area contributed by atoms with Gasteiger partial charge in [-0.05, 0) is 38.4 Å². The molecule has 0 aromatic carbocycles. The number of likely N-dealkylation sites (tertiary alicyclic amines) is 1. The average molecular weight is 290 g/mol. The second-order valence-electron chi connectivity index (χ2n) is 5.16.